The summed E-state index contributed by atoms with van der Waals surface area (Å²) < 4.78 is 13.7. The molecule has 0 saturated carbocycles. The molecule has 0 atom stereocenters. The Labute approximate surface area is 144 Å². The lowest BCUT2D eigenvalue weighted by atomic mass is 10.0. The quantitative estimate of drug-likeness (QED) is 0.694. The van der Waals surface area contributed by atoms with Gasteiger partial charge in [0.25, 0.3) is 5.91 Å². The van der Waals surface area contributed by atoms with Crippen LogP contribution in [0.1, 0.15) is 33.6 Å². The lowest BCUT2D eigenvalue weighted by Gasteiger charge is -2.09. The monoisotopic (exact) mass is 339 g/mol. The fraction of sp³-hybridized carbons (Fsp3) is 0.222. The number of amides is 1. The molecule has 2 heterocycles. The molecule has 3 aromatic rings. The summed E-state index contributed by atoms with van der Waals surface area (Å²) in [6, 6.07) is 7.35. The molecule has 7 heteroatoms. The van der Waals surface area contributed by atoms with Gasteiger partial charge in [-0.1, -0.05) is 24.3 Å². The van der Waals surface area contributed by atoms with E-state index in [1.165, 1.54) is 6.20 Å². The largest absolute Gasteiger partial charge is 0.396 e. The summed E-state index contributed by atoms with van der Waals surface area (Å²) in [4.78, 5) is 15.1. The number of halogens is 1. The summed E-state index contributed by atoms with van der Waals surface area (Å²) in [6.45, 7) is 1.88. The second-order valence-corrected chi connectivity index (χ2v) is 5.96. The van der Waals surface area contributed by atoms with Crippen LogP contribution in [-0.4, -0.2) is 21.1 Å². The number of carbonyl (C=O) groups excluding carboxylic acids is 1. The number of anilines is 1. The normalized spacial score (nSPS) is 11.0. The van der Waals surface area contributed by atoms with Gasteiger partial charge < -0.3 is 11.5 Å². The van der Waals surface area contributed by atoms with Crippen LogP contribution in [0, 0.1) is 12.9 Å². The first-order valence-corrected chi connectivity index (χ1v) is 7.92. The third kappa shape index (κ3) is 3.40. The van der Waals surface area contributed by atoms with Gasteiger partial charge in [0.2, 0.25) is 5.95 Å². The molecule has 128 valence electrons. The maximum absolute atomic E-state index is 13.7. The van der Waals surface area contributed by atoms with Gasteiger partial charge in [-0.05, 0) is 37.3 Å². The second kappa shape index (κ2) is 6.80. The molecule has 4 N–H and O–H groups in total. The molecule has 0 bridgehead atoms. The van der Waals surface area contributed by atoms with Crippen LogP contribution in [0.25, 0.3) is 10.9 Å². The number of hydrogen-bond donors (Lipinski definition) is 2. The molecule has 25 heavy (non-hydrogen) atoms. The van der Waals surface area contributed by atoms with Crippen molar-refractivity contribution in [2.75, 3.05) is 5.73 Å². The minimum absolute atomic E-state index is 0.0300. The molecule has 2 aromatic heterocycles. The molecular weight excluding hydrogens is 321 g/mol. The average Bonchev–Trinajstić information content (AvgIpc) is 2.58. The number of fused-ring (bicyclic) bond motifs is 1. The summed E-state index contributed by atoms with van der Waals surface area (Å²) in [5.41, 5.74) is 14.5. The van der Waals surface area contributed by atoms with Crippen LogP contribution in [-0.2, 0) is 12.8 Å². The average molecular weight is 339 g/mol. The third-order valence-electron chi connectivity index (χ3n) is 4.09. The zero-order chi connectivity index (χ0) is 18.0. The SMILES string of the molecule is Cc1cnc(F)c(CCCc2cccc3c(N)c(C(N)=O)nnc23)c1. The Kier molecular flexibility index (Phi) is 4.56. The topological polar surface area (TPSA) is 108 Å². The van der Waals surface area contributed by atoms with E-state index in [0.29, 0.717) is 29.3 Å². The van der Waals surface area contributed by atoms with E-state index in [1.54, 1.807) is 6.07 Å². The number of benzene rings is 1. The van der Waals surface area contributed by atoms with Crippen molar-refractivity contribution in [2.45, 2.75) is 26.2 Å². The lowest BCUT2D eigenvalue weighted by Crippen LogP contribution is -2.17. The van der Waals surface area contributed by atoms with Crippen molar-refractivity contribution in [1.82, 2.24) is 15.2 Å². The number of nitrogen functional groups attached to an aromatic ring is 1. The zero-order valence-corrected chi connectivity index (χ0v) is 13.8. The van der Waals surface area contributed by atoms with Gasteiger partial charge in [0.15, 0.2) is 5.69 Å². The van der Waals surface area contributed by atoms with E-state index in [2.05, 4.69) is 15.2 Å². The fourth-order valence-electron chi connectivity index (χ4n) is 2.85. The molecular formula is C18H18FN5O. The molecule has 0 radical (unpaired) electrons. The number of rotatable bonds is 5. The fourth-order valence-corrected chi connectivity index (χ4v) is 2.85. The van der Waals surface area contributed by atoms with Crippen molar-refractivity contribution in [3.63, 3.8) is 0 Å². The third-order valence-corrected chi connectivity index (χ3v) is 4.09. The number of primary amides is 1. The molecule has 0 fully saturated rings. The van der Waals surface area contributed by atoms with Gasteiger partial charge in [-0.3, -0.25) is 4.79 Å². The van der Waals surface area contributed by atoms with Gasteiger partial charge in [0, 0.05) is 17.1 Å². The minimum Gasteiger partial charge on any atom is -0.396 e. The molecule has 0 aliphatic rings. The van der Waals surface area contributed by atoms with Crippen molar-refractivity contribution >= 4 is 22.5 Å². The first-order valence-electron chi connectivity index (χ1n) is 7.92. The van der Waals surface area contributed by atoms with Gasteiger partial charge in [0.1, 0.15) is 0 Å². The maximum atomic E-state index is 13.7. The van der Waals surface area contributed by atoms with Crippen LogP contribution in [0.2, 0.25) is 0 Å². The van der Waals surface area contributed by atoms with E-state index in [-0.39, 0.29) is 11.4 Å². The number of pyridine rings is 1. The highest BCUT2D eigenvalue weighted by molar-refractivity contribution is 6.04. The summed E-state index contributed by atoms with van der Waals surface area (Å²) in [6.07, 6.45) is 3.48. The first kappa shape index (κ1) is 16.8. The molecule has 0 aliphatic heterocycles. The molecule has 0 spiro atoms. The summed E-state index contributed by atoms with van der Waals surface area (Å²) in [5, 5.41) is 8.59. The molecule has 0 saturated heterocycles. The van der Waals surface area contributed by atoms with Gasteiger partial charge in [-0.25, -0.2) is 4.98 Å². The van der Waals surface area contributed by atoms with Crippen molar-refractivity contribution < 1.29 is 9.18 Å². The van der Waals surface area contributed by atoms with Crippen LogP contribution in [0.4, 0.5) is 10.1 Å². The molecule has 3 rings (SSSR count). The maximum Gasteiger partial charge on any atom is 0.271 e. The summed E-state index contributed by atoms with van der Waals surface area (Å²) >= 11 is 0. The molecule has 1 amide bonds. The Morgan fingerprint density at radius 2 is 1.96 bits per heavy atom. The van der Waals surface area contributed by atoms with Crippen molar-refractivity contribution in [1.29, 1.82) is 0 Å². The van der Waals surface area contributed by atoms with E-state index in [1.807, 2.05) is 25.1 Å². The van der Waals surface area contributed by atoms with E-state index in [4.69, 9.17) is 11.5 Å². The van der Waals surface area contributed by atoms with Gasteiger partial charge >= 0.3 is 0 Å². The zero-order valence-electron chi connectivity index (χ0n) is 13.8. The van der Waals surface area contributed by atoms with Crippen LogP contribution in [0.3, 0.4) is 0 Å². The summed E-state index contributed by atoms with van der Waals surface area (Å²) in [7, 11) is 0. The predicted octanol–water partition coefficient (Wildman–Crippen LogP) is 2.33. The lowest BCUT2D eigenvalue weighted by molar-refractivity contribution is 0.0996. The highest BCUT2D eigenvalue weighted by Gasteiger charge is 2.14. The standard InChI is InChI=1S/C18H18FN5O/c1-10-8-12(17(19)22-9-10)6-2-4-11-5-3-7-13-14(20)16(18(21)25)24-23-15(11)13/h3,5,7-9H,2,4,6H2,1H3,(H2,20,23)(H2,21,25). The van der Waals surface area contributed by atoms with Crippen molar-refractivity contribution in [3.05, 3.63) is 58.8 Å². The number of nitrogens with two attached hydrogens (primary N) is 2. The van der Waals surface area contributed by atoms with Crippen LogP contribution in [0.5, 0.6) is 0 Å². The van der Waals surface area contributed by atoms with E-state index >= 15 is 0 Å². The number of hydrogen-bond acceptors (Lipinski definition) is 5. The highest BCUT2D eigenvalue weighted by atomic mass is 19.1. The van der Waals surface area contributed by atoms with Crippen LogP contribution < -0.4 is 11.5 Å². The second-order valence-electron chi connectivity index (χ2n) is 5.96. The van der Waals surface area contributed by atoms with E-state index in [9.17, 15) is 9.18 Å². The number of aryl methyl sites for hydroxylation is 3. The Morgan fingerprint density at radius 1 is 1.20 bits per heavy atom. The highest BCUT2D eigenvalue weighted by Crippen LogP contribution is 2.25. The molecule has 6 nitrogen and oxygen atoms in total. The number of nitrogens with zero attached hydrogens (tertiary/aromatic N) is 3. The Hall–Kier alpha value is -3.09. The van der Waals surface area contributed by atoms with Crippen LogP contribution >= 0.6 is 0 Å². The first-order chi connectivity index (χ1) is 12.0. The summed E-state index contributed by atoms with van der Waals surface area (Å²) in [5.74, 6) is -1.14. The minimum atomic E-state index is -0.709. The van der Waals surface area contributed by atoms with Crippen molar-refractivity contribution in [3.8, 4) is 0 Å². The van der Waals surface area contributed by atoms with E-state index < -0.39 is 11.9 Å². The van der Waals surface area contributed by atoms with Crippen LogP contribution in [0.15, 0.2) is 30.5 Å². The Morgan fingerprint density at radius 3 is 2.72 bits per heavy atom. The smallest absolute Gasteiger partial charge is 0.271 e. The number of carbonyl (C=O) groups is 1. The Bertz CT molecular complexity index is 958. The Balaban J connectivity index is 1.83. The van der Waals surface area contributed by atoms with Gasteiger partial charge in [0.05, 0.1) is 11.2 Å². The van der Waals surface area contributed by atoms with Crippen molar-refractivity contribution in [2.24, 2.45) is 5.73 Å². The molecule has 0 unspecified atom stereocenters. The predicted molar refractivity (Wildman–Crippen MR) is 93.4 cm³/mol. The molecule has 1 aromatic carbocycles. The van der Waals surface area contributed by atoms with Gasteiger partial charge in [-0.15, -0.1) is 10.2 Å². The number of aromatic nitrogens is 3. The molecule has 0 aliphatic carbocycles. The van der Waals surface area contributed by atoms with Gasteiger partial charge in [-0.2, -0.15) is 4.39 Å². The van der Waals surface area contributed by atoms with E-state index in [0.717, 1.165) is 17.5 Å².